The third kappa shape index (κ3) is 4.65. The maximum atomic E-state index is 10.6. The van der Waals surface area contributed by atoms with Crippen LogP contribution in [-0.2, 0) is 12.0 Å². The minimum atomic E-state index is -1.02. The smallest absolute Gasteiger partial charge is 0.404 e. The van der Waals surface area contributed by atoms with Gasteiger partial charge in [-0.2, -0.15) is 10.2 Å². The lowest BCUT2D eigenvalue weighted by Crippen LogP contribution is -2.39. The van der Waals surface area contributed by atoms with Crippen molar-refractivity contribution in [3.8, 4) is 6.07 Å². The Morgan fingerprint density at radius 1 is 1.25 bits per heavy atom. The van der Waals surface area contributed by atoms with Gasteiger partial charge in [0.1, 0.15) is 5.65 Å². The number of aromatic nitrogens is 3. The molecule has 0 unspecified atom stereocenters. The summed E-state index contributed by atoms with van der Waals surface area (Å²) in [6.45, 7) is 2.89. The molecule has 3 N–H and O–H groups in total. The number of rotatable bonds is 7. The van der Waals surface area contributed by atoms with Gasteiger partial charge in [0.25, 0.3) is 0 Å². The van der Waals surface area contributed by atoms with E-state index in [1.54, 1.807) is 6.20 Å². The molecule has 1 aliphatic rings. The zero-order chi connectivity index (χ0) is 22.6. The molecule has 9 nitrogen and oxygen atoms in total. The summed E-state index contributed by atoms with van der Waals surface area (Å²) in [5.41, 5.74) is 2.29. The molecule has 0 spiro atoms. The van der Waals surface area contributed by atoms with E-state index < -0.39 is 11.5 Å². The van der Waals surface area contributed by atoms with Gasteiger partial charge in [0.05, 0.1) is 11.5 Å². The molecular formula is C23H27N7O2. The third-order valence-corrected chi connectivity index (χ3v) is 6.10. The molecule has 0 bridgehead atoms. The van der Waals surface area contributed by atoms with E-state index in [1.165, 1.54) is 0 Å². The largest absolute Gasteiger partial charge is 0.465 e. The van der Waals surface area contributed by atoms with Gasteiger partial charge in [-0.05, 0) is 63.2 Å². The summed E-state index contributed by atoms with van der Waals surface area (Å²) < 4.78 is 1.99. The van der Waals surface area contributed by atoms with Gasteiger partial charge in [-0.3, -0.25) is 0 Å². The first-order valence-corrected chi connectivity index (χ1v) is 10.8. The van der Waals surface area contributed by atoms with Crippen LogP contribution in [0.2, 0.25) is 0 Å². The van der Waals surface area contributed by atoms with E-state index >= 15 is 0 Å². The minimum absolute atomic E-state index is 0.387. The summed E-state index contributed by atoms with van der Waals surface area (Å²) in [5, 5.41) is 25.1. The Labute approximate surface area is 186 Å². The van der Waals surface area contributed by atoms with Gasteiger partial charge in [0.2, 0.25) is 5.95 Å². The molecule has 0 atom stereocenters. The van der Waals surface area contributed by atoms with Crippen LogP contribution in [0.15, 0.2) is 42.7 Å². The average Bonchev–Trinajstić information content (AvgIpc) is 3.20. The fraction of sp³-hybridized carbons (Fsp3) is 0.391. The van der Waals surface area contributed by atoms with Crippen molar-refractivity contribution in [2.45, 2.75) is 31.2 Å². The Hall–Kier alpha value is -3.64. The number of carboxylic acid groups (broad SMARTS) is 1. The lowest BCUT2D eigenvalue weighted by Gasteiger charge is -2.35. The Morgan fingerprint density at radius 2 is 2.00 bits per heavy atom. The van der Waals surface area contributed by atoms with Gasteiger partial charge in [-0.1, -0.05) is 12.1 Å². The van der Waals surface area contributed by atoms with E-state index in [0.717, 1.165) is 48.2 Å². The van der Waals surface area contributed by atoms with Gasteiger partial charge >= 0.3 is 6.09 Å². The quantitative estimate of drug-likeness (QED) is 0.489. The lowest BCUT2D eigenvalue weighted by molar-refractivity contribution is 0.194. The molecule has 2 aromatic heterocycles. The van der Waals surface area contributed by atoms with E-state index in [9.17, 15) is 10.1 Å². The van der Waals surface area contributed by atoms with Crippen LogP contribution in [-0.4, -0.2) is 57.3 Å². The topological polar surface area (TPSA) is 119 Å². The predicted octanol–water partition coefficient (Wildman–Crippen LogP) is 3.32. The first-order chi connectivity index (χ1) is 15.5. The van der Waals surface area contributed by atoms with Gasteiger partial charge in [-0.15, -0.1) is 0 Å². The van der Waals surface area contributed by atoms with Crippen molar-refractivity contribution in [3.05, 3.63) is 48.3 Å². The second-order valence-electron chi connectivity index (χ2n) is 8.27. The number of hydrogen-bond donors (Lipinski definition) is 3. The molecule has 1 aromatic carbocycles. The molecule has 1 saturated heterocycles. The van der Waals surface area contributed by atoms with Crippen LogP contribution < -0.4 is 10.6 Å². The molecule has 3 aromatic rings. The molecule has 166 valence electrons. The van der Waals surface area contributed by atoms with Crippen LogP contribution >= 0.6 is 0 Å². The highest BCUT2D eigenvalue weighted by molar-refractivity contribution is 5.76. The number of piperidine rings is 1. The zero-order valence-corrected chi connectivity index (χ0v) is 18.1. The maximum Gasteiger partial charge on any atom is 0.404 e. The number of amides is 1. The molecule has 9 heteroatoms. The first-order valence-electron chi connectivity index (χ1n) is 10.8. The lowest BCUT2D eigenvalue weighted by atomic mass is 9.74. The van der Waals surface area contributed by atoms with Crippen molar-refractivity contribution < 1.29 is 9.90 Å². The maximum absolute atomic E-state index is 10.6. The normalized spacial score (nSPS) is 15.9. The van der Waals surface area contributed by atoms with Crippen LogP contribution in [0.5, 0.6) is 0 Å². The molecule has 3 heterocycles. The van der Waals surface area contributed by atoms with Gasteiger partial charge in [-0.25, -0.2) is 9.78 Å². The molecule has 0 saturated carbocycles. The number of fused-ring (bicyclic) bond motifs is 1. The van der Waals surface area contributed by atoms with Gasteiger partial charge in [0, 0.05) is 36.6 Å². The summed E-state index contributed by atoms with van der Waals surface area (Å²) in [4.78, 5) is 21.9. The fourth-order valence-corrected chi connectivity index (χ4v) is 4.12. The number of anilines is 2. The summed E-state index contributed by atoms with van der Waals surface area (Å²) in [6, 6.07) is 12.5. The SMILES string of the molecule is CN1CCC(C#N)(c2ccc(Nc3ncc4ccn(CCCNC(=O)O)c4n3)cc2)CC1. The van der Waals surface area contributed by atoms with E-state index in [4.69, 9.17) is 5.11 Å². The molecule has 0 radical (unpaired) electrons. The monoisotopic (exact) mass is 433 g/mol. The number of benzene rings is 1. The van der Waals surface area contributed by atoms with Crippen molar-refractivity contribution in [1.29, 1.82) is 5.26 Å². The number of likely N-dealkylation sites (tertiary alicyclic amines) is 1. The predicted molar refractivity (Wildman–Crippen MR) is 122 cm³/mol. The van der Waals surface area contributed by atoms with Crippen molar-refractivity contribution in [1.82, 2.24) is 24.8 Å². The highest BCUT2D eigenvalue weighted by Crippen LogP contribution is 2.35. The van der Waals surface area contributed by atoms with Crippen LogP contribution in [0.4, 0.5) is 16.4 Å². The fourth-order valence-electron chi connectivity index (χ4n) is 4.12. The van der Waals surface area contributed by atoms with Crippen molar-refractivity contribution in [2.75, 3.05) is 32.0 Å². The Balaban J connectivity index is 1.45. The number of aryl methyl sites for hydroxylation is 1. The zero-order valence-electron chi connectivity index (χ0n) is 18.1. The van der Waals surface area contributed by atoms with Crippen LogP contribution in [0.3, 0.4) is 0 Å². The molecule has 1 fully saturated rings. The summed E-state index contributed by atoms with van der Waals surface area (Å²) in [7, 11) is 2.09. The van der Waals surface area contributed by atoms with Crippen molar-refractivity contribution in [3.63, 3.8) is 0 Å². The van der Waals surface area contributed by atoms with Gasteiger partial charge < -0.3 is 25.2 Å². The van der Waals surface area contributed by atoms with Crippen LogP contribution in [0.1, 0.15) is 24.8 Å². The third-order valence-electron chi connectivity index (χ3n) is 6.10. The highest BCUT2D eigenvalue weighted by atomic mass is 16.4. The molecular weight excluding hydrogens is 406 g/mol. The van der Waals surface area contributed by atoms with E-state index in [-0.39, 0.29) is 0 Å². The van der Waals surface area contributed by atoms with Crippen molar-refractivity contribution >= 4 is 28.8 Å². The number of nitrogens with zero attached hydrogens (tertiary/aromatic N) is 5. The Morgan fingerprint density at radius 3 is 2.69 bits per heavy atom. The van der Waals surface area contributed by atoms with E-state index in [2.05, 4.69) is 38.6 Å². The highest BCUT2D eigenvalue weighted by Gasteiger charge is 2.35. The number of carbonyl (C=O) groups is 1. The second-order valence-corrected chi connectivity index (χ2v) is 8.27. The second kappa shape index (κ2) is 9.24. The van der Waals surface area contributed by atoms with E-state index in [0.29, 0.717) is 25.5 Å². The summed E-state index contributed by atoms with van der Waals surface area (Å²) in [6.07, 6.45) is 5.03. The Kier molecular flexibility index (Phi) is 6.23. The standard InChI is InChI=1S/C23H27N7O2/c1-29-13-8-23(16-24,9-14-29)18-3-5-19(6-4-18)27-21-26-15-17-7-12-30(20(17)28-21)11-2-10-25-22(31)32/h3-7,12,15,25H,2,8-11,13-14H2,1H3,(H,31,32)(H,26,27,28). The average molecular weight is 434 g/mol. The molecule has 32 heavy (non-hydrogen) atoms. The first kappa shape index (κ1) is 21.6. The van der Waals surface area contributed by atoms with Crippen LogP contribution in [0.25, 0.3) is 11.0 Å². The number of nitriles is 1. The molecule has 1 amide bonds. The van der Waals surface area contributed by atoms with Crippen LogP contribution in [0, 0.1) is 11.3 Å². The summed E-state index contributed by atoms with van der Waals surface area (Å²) in [5.74, 6) is 0.489. The van der Waals surface area contributed by atoms with E-state index in [1.807, 2.05) is 41.1 Å². The molecule has 4 rings (SSSR count). The number of nitrogens with one attached hydrogen (secondary N) is 2. The number of hydrogen-bond acceptors (Lipinski definition) is 6. The van der Waals surface area contributed by atoms with Gasteiger partial charge in [0.15, 0.2) is 0 Å². The molecule has 1 aliphatic heterocycles. The minimum Gasteiger partial charge on any atom is -0.465 e. The Bertz CT molecular complexity index is 1130. The molecule has 0 aliphatic carbocycles. The van der Waals surface area contributed by atoms with Crippen molar-refractivity contribution in [2.24, 2.45) is 0 Å². The summed E-state index contributed by atoms with van der Waals surface area (Å²) >= 11 is 0.